The molecule has 0 radical (unpaired) electrons. The number of amides is 1. The van der Waals surface area contributed by atoms with Crippen molar-refractivity contribution >= 4 is 5.91 Å². The van der Waals surface area contributed by atoms with Crippen LogP contribution < -0.4 is 11.1 Å². The maximum absolute atomic E-state index is 12.4. The molecule has 1 amide bonds. The van der Waals surface area contributed by atoms with Gasteiger partial charge >= 0.3 is 0 Å². The van der Waals surface area contributed by atoms with Crippen LogP contribution in [0.1, 0.15) is 45.4 Å². The van der Waals surface area contributed by atoms with Crippen LogP contribution in [-0.4, -0.2) is 27.2 Å². The van der Waals surface area contributed by atoms with Gasteiger partial charge in [0.1, 0.15) is 6.33 Å². The molecular formula is C13H25N5O. The number of aromatic nitrogens is 3. The molecule has 3 N–H and O–H groups in total. The van der Waals surface area contributed by atoms with E-state index in [0.717, 1.165) is 25.7 Å². The first-order valence-electron chi connectivity index (χ1n) is 6.91. The number of hydrogen-bond donors (Lipinski definition) is 2. The van der Waals surface area contributed by atoms with Crippen LogP contribution in [-0.2, 0) is 18.4 Å². The smallest absolute Gasteiger partial charge is 0.227 e. The van der Waals surface area contributed by atoms with Gasteiger partial charge in [-0.3, -0.25) is 9.48 Å². The lowest BCUT2D eigenvalue weighted by atomic mass is 9.78. The molecule has 19 heavy (non-hydrogen) atoms. The molecule has 6 nitrogen and oxygen atoms in total. The van der Waals surface area contributed by atoms with E-state index in [4.69, 9.17) is 5.73 Å². The van der Waals surface area contributed by atoms with Crippen molar-refractivity contribution in [3.05, 3.63) is 12.2 Å². The number of carbonyl (C=O) groups is 1. The second-order valence-corrected chi connectivity index (χ2v) is 5.00. The normalized spacial score (nSPS) is 11.6. The summed E-state index contributed by atoms with van der Waals surface area (Å²) >= 11 is 0. The number of rotatable bonds is 8. The Morgan fingerprint density at radius 1 is 1.42 bits per heavy atom. The monoisotopic (exact) mass is 267 g/mol. The van der Waals surface area contributed by atoms with E-state index < -0.39 is 5.41 Å². The van der Waals surface area contributed by atoms with E-state index >= 15 is 0 Å². The fourth-order valence-corrected chi connectivity index (χ4v) is 2.42. The van der Waals surface area contributed by atoms with Gasteiger partial charge in [-0.1, -0.05) is 26.7 Å². The lowest BCUT2D eigenvalue weighted by molar-refractivity contribution is -0.131. The standard InChI is InChI=1S/C13H25N5O/c1-4-6-13(9-14,7-5-2)12(19)15-8-11-16-10-18(3)17-11/h10H,4-9,14H2,1-3H3,(H,15,19). The van der Waals surface area contributed by atoms with Crippen LogP contribution in [0.15, 0.2) is 6.33 Å². The van der Waals surface area contributed by atoms with Crippen molar-refractivity contribution in [3.63, 3.8) is 0 Å². The minimum absolute atomic E-state index is 0.0196. The molecule has 0 atom stereocenters. The van der Waals surface area contributed by atoms with Gasteiger partial charge in [0.15, 0.2) is 5.82 Å². The number of nitrogens with two attached hydrogens (primary N) is 1. The van der Waals surface area contributed by atoms with Crippen molar-refractivity contribution in [1.82, 2.24) is 20.1 Å². The largest absolute Gasteiger partial charge is 0.348 e. The minimum atomic E-state index is -0.446. The zero-order valence-electron chi connectivity index (χ0n) is 12.1. The molecule has 108 valence electrons. The fourth-order valence-electron chi connectivity index (χ4n) is 2.42. The molecule has 1 heterocycles. The molecule has 6 heteroatoms. The predicted octanol–water partition coefficient (Wildman–Crippen LogP) is 0.977. The third-order valence-electron chi connectivity index (χ3n) is 3.38. The van der Waals surface area contributed by atoms with Crippen molar-refractivity contribution in [2.24, 2.45) is 18.2 Å². The second kappa shape index (κ2) is 7.23. The van der Waals surface area contributed by atoms with Crippen LogP contribution in [0, 0.1) is 5.41 Å². The maximum atomic E-state index is 12.4. The molecule has 1 aromatic heterocycles. The quantitative estimate of drug-likeness (QED) is 0.735. The summed E-state index contributed by atoms with van der Waals surface area (Å²) in [5.41, 5.74) is 5.41. The van der Waals surface area contributed by atoms with Crippen molar-refractivity contribution in [2.45, 2.75) is 46.1 Å². The fraction of sp³-hybridized carbons (Fsp3) is 0.769. The molecule has 0 aliphatic rings. The van der Waals surface area contributed by atoms with E-state index in [-0.39, 0.29) is 5.91 Å². The lowest BCUT2D eigenvalue weighted by Crippen LogP contribution is -2.45. The maximum Gasteiger partial charge on any atom is 0.227 e. The third-order valence-corrected chi connectivity index (χ3v) is 3.38. The van der Waals surface area contributed by atoms with Gasteiger partial charge in [0.05, 0.1) is 12.0 Å². The van der Waals surface area contributed by atoms with E-state index in [1.54, 1.807) is 18.1 Å². The highest BCUT2D eigenvalue weighted by atomic mass is 16.2. The number of nitrogens with zero attached hydrogens (tertiary/aromatic N) is 3. The average molecular weight is 267 g/mol. The molecule has 0 aliphatic carbocycles. The van der Waals surface area contributed by atoms with Gasteiger partial charge in [0.25, 0.3) is 0 Å². The average Bonchev–Trinajstić information content (AvgIpc) is 2.81. The SMILES string of the molecule is CCCC(CN)(CCC)C(=O)NCc1ncn(C)n1. The molecule has 1 aromatic rings. The summed E-state index contributed by atoms with van der Waals surface area (Å²) in [6, 6.07) is 0. The summed E-state index contributed by atoms with van der Waals surface area (Å²) in [6.07, 6.45) is 5.16. The van der Waals surface area contributed by atoms with Crippen molar-refractivity contribution in [1.29, 1.82) is 0 Å². The number of carbonyl (C=O) groups excluding carboxylic acids is 1. The summed E-state index contributed by atoms with van der Waals surface area (Å²) < 4.78 is 1.62. The Balaban J connectivity index is 2.65. The van der Waals surface area contributed by atoms with E-state index in [1.165, 1.54) is 0 Å². The first-order valence-corrected chi connectivity index (χ1v) is 6.91. The molecular weight excluding hydrogens is 242 g/mol. The summed E-state index contributed by atoms with van der Waals surface area (Å²) in [4.78, 5) is 16.5. The van der Waals surface area contributed by atoms with Crippen molar-refractivity contribution in [2.75, 3.05) is 6.54 Å². The highest BCUT2D eigenvalue weighted by Gasteiger charge is 2.35. The van der Waals surface area contributed by atoms with Crippen LogP contribution in [0.25, 0.3) is 0 Å². The number of nitrogens with one attached hydrogen (secondary N) is 1. The Kier molecular flexibility index (Phi) is 5.95. The van der Waals surface area contributed by atoms with E-state index in [1.807, 2.05) is 0 Å². The van der Waals surface area contributed by atoms with E-state index in [0.29, 0.717) is 18.9 Å². The Morgan fingerprint density at radius 3 is 2.47 bits per heavy atom. The van der Waals surface area contributed by atoms with Gasteiger partial charge < -0.3 is 11.1 Å². The zero-order valence-corrected chi connectivity index (χ0v) is 12.1. The molecule has 0 saturated heterocycles. The molecule has 1 rings (SSSR count). The molecule has 0 spiro atoms. The first kappa shape index (κ1) is 15.6. The Morgan fingerprint density at radius 2 is 2.05 bits per heavy atom. The summed E-state index contributed by atoms with van der Waals surface area (Å²) in [6.45, 7) is 4.90. The van der Waals surface area contributed by atoms with Crippen LogP contribution in [0.4, 0.5) is 0 Å². The highest BCUT2D eigenvalue weighted by Crippen LogP contribution is 2.29. The molecule has 0 saturated carbocycles. The molecule has 0 unspecified atom stereocenters. The Bertz CT molecular complexity index is 395. The van der Waals surface area contributed by atoms with Gasteiger partial charge in [0, 0.05) is 13.6 Å². The summed E-state index contributed by atoms with van der Waals surface area (Å²) in [5, 5.41) is 7.06. The Labute approximate surface area is 114 Å². The zero-order chi connectivity index (χ0) is 14.3. The topological polar surface area (TPSA) is 85.8 Å². The van der Waals surface area contributed by atoms with Crippen molar-refractivity contribution < 1.29 is 4.79 Å². The van der Waals surface area contributed by atoms with Gasteiger partial charge in [0.2, 0.25) is 5.91 Å². The van der Waals surface area contributed by atoms with Crippen LogP contribution in [0.2, 0.25) is 0 Å². The predicted molar refractivity (Wildman–Crippen MR) is 74.2 cm³/mol. The molecule has 0 aromatic carbocycles. The van der Waals surface area contributed by atoms with Crippen LogP contribution in [0.5, 0.6) is 0 Å². The van der Waals surface area contributed by atoms with E-state index in [2.05, 4.69) is 29.2 Å². The van der Waals surface area contributed by atoms with Gasteiger partial charge in [-0.2, -0.15) is 5.10 Å². The third kappa shape index (κ3) is 4.02. The van der Waals surface area contributed by atoms with Crippen LogP contribution >= 0.6 is 0 Å². The number of aryl methyl sites for hydroxylation is 1. The van der Waals surface area contributed by atoms with E-state index in [9.17, 15) is 4.79 Å². The lowest BCUT2D eigenvalue weighted by Gasteiger charge is -2.30. The minimum Gasteiger partial charge on any atom is -0.348 e. The summed E-state index contributed by atoms with van der Waals surface area (Å²) in [5.74, 6) is 0.640. The van der Waals surface area contributed by atoms with Gasteiger partial charge in [-0.25, -0.2) is 4.98 Å². The number of hydrogen-bond acceptors (Lipinski definition) is 4. The van der Waals surface area contributed by atoms with Gasteiger partial charge in [-0.05, 0) is 12.8 Å². The molecule has 0 fully saturated rings. The Hall–Kier alpha value is -1.43. The second-order valence-electron chi connectivity index (χ2n) is 5.00. The summed E-state index contributed by atoms with van der Waals surface area (Å²) in [7, 11) is 1.80. The van der Waals surface area contributed by atoms with Crippen LogP contribution in [0.3, 0.4) is 0 Å². The van der Waals surface area contributed by atoms with Gasteiger partial charge in [-0.15, -0.1) is 0 Å². The van der Waals surface area contributed by atoms with Crippen molar-refractivity contribution in [3.8, 4) is 0 Å². The molecule has 0 aliphatic heterocycles. The highest BCUT2D eigenvalue weighted by molar-refractivity contribution is 5.82. The molecule has 0 bridgehead atoms. The first-order chi connectivity index (χ1) is 9.07.